The zero-order valence-electron chi connectivity index (χ0n) is 19.7. The van der Waals surface area contributed by atoms with Crippen LogP contribution in [0.4, 0.5) is 14.5 Å². The maximum Gasteiger partial charge on any atom is 0.328 e. The first-order chi connectivity index (χ1) is 17.9. The minimum absolute atomic E-state index is 0.0125. The Bertz CT molecular complexity index is 1660. The molecular weight excluding hydrogens is 544 g/mol. The molecule has 3 saturated carbocycles. The average molecular weight is 566 g/mol. The Hall–Kier alpha value is -3.35. The number of nitrogens with one attached hydrogen (secondary N) is 2. The third-order valence-electron chi connectivity index (χ3n) is 7.51. The summed E-state index contributed by atoms with van der Waals surface area (Å²) in [6.45, 7) is -0.0783. The summed E-state index contributed by atoms with van der Waals surface area (Å²) in [5.41, 5.74) is -2.58. The highest BCUT2D eigenvalue weighted by Gasteiger charge is 2.60. The van der Waals surface area contributed by atoms with Crippen LogP contribution in [-0.4, -0.2) is 39.8 Å². The highest BCUT2D eigenvalue weighted by molar-refractivity contribution is 7.92. The van der Waals surface area contributed by atoms with Crippen LogP contribution in [0.25, 0.3) is 0 Å². The van der Waals surface area contributed by atoms with Gasteiger partial charge in [-0.05, 0) is 61.4 Å². The molecule has 3 fully saturated rings. The van der Waals surface area contributed by atoms with Crippen molar-refractivity contribution in [2.45, 2.75) is 41.6 Å². The normalized spacial score (nSPS) is 24.5. The van der Waals surface area contributed by atoms with Crippen molar-refractivity contribution in [2.24, 2.45) is 11.8 Å². The number of aromatic amines is 1. The number of anilines is 1. The topological polar surface area (TPSA) is 138 Å². The molecule has 0 spiro atoms. The largest absolute Gasteiger partial charge is 0.387 e. The number of sulfone groups is 1. The van der Waals surface area contributed by atoms with Crippen molar-refractivity contribution in [2.75, 3.05) is 5.32 Å². The molecule has 0 aliphatic heterocycles. The van der Waals surface area contributed by atoms with Crippen molar-refractivity contribution < 1.29 is 27.1 Å². The van der Waals surface area contributed by atoms with Gasteiger partial charge in [-0.25, -0.2) is 22.0 Å². The fraction of sp³-hybridized carbons (Fsp3) is 0.320. The van der Waals surface area contributed by atoms with Gasteiger partial charge in [0.1, 0.15) is 0 Å². The van der Waals surface area contributed by atoms with Crippen LogP contribution >= 0.6 is 11.6 Å². The monoisotopic (exact) mass is 565 g/mol. The van der Waals surface area contributed by atoms with Gasteiger partial charge in [-0.1, -0.05) is 11.6 Å². The Balaban J connectivity index is 1.35. The van der Waals surface area contributed by atoms with Crippen LogP contribution < -0.4 is 16.6 Å². The van der Waals surface area contributed by atoms with E-state index in [4.69, 9.17) is 11.6 Å². The molecule has 2 bridgehead atoms. The van der Waals surface area contributed by atoms with Gasteiger partial charge in [0.25, 0.3) is 11.5 Å². The number of amides is 1. The van der Waals surface area contributed by atoms with Gasteiger partial charge in [-0.3, -0.25) is 19.1 Å². The predicted octanol–water partition coefficient (Wildman–Crippen LogP) is 2.72. The van der Waals surface area contributed by atoms with Crippen molar-refractivity contribution in [1.29, 1.82) is 0 Å². The number of hydrogen-bond donors (Lipinski definition) is 3. The summed E-state index contributed by atoms with van der Waals surface area (Å²) in [6.07, 6.45) is 2.12. The summed E-state index contributed by atoms with van der Waals surface area (Å²) >= 11 is 6.23. The number of aliphatic hydroxyl groups is 1. The molecule has 0 saturated heterocycles. The van der Waals surface area contributed by atoms with E-state index in [9.17, 15) is 36.7 Å². The Morgan fingerprint density at radius 2 is 1.79 bits per heavy atom. The smallest absolute Gasteiger partial charge is 0.328 e. The van der Waals surface area contributed by atoms with E-state index in [0.717, 1.165) is 18.2 Å². The molecule has 6 rings (SSSR count). The molecule has 1 aromatic heterocycles. The molecule has 200 valence electrons. The highest BCUT2D eigenvalue weighted by atomic mass is 35.5. The molecule has 9 nitrogen and oxygen atoms in total. The number of nitrogens with zero attached hydrogens (tertiary/aromatic N) is 1. The minimum Gasteiger partial charge on any atom is -0.387 e. The number of fused-ring (bicyclic) bond motifs is 2. The number of hydrogen-bond acceptors (Lipinski definition) is 6. The van der Waals surface area contributed by atoms with Crippen LogP contribution in [0.3, 0.4) is 0 Å². The first-order valence-corrected chi connectivity index (χ1v) is 13.6. The molecule has 13 heteroatoms. The lowest BCUT2D eigenvalue weighted by Crippen LogP contribution is -2.64. The Morgan fingerprint density at radius 3 is 2.45 bits per heavy atom. The highest BCUT2D eigenvalue weighted by Crippen LogP contribution is 2.56. The van der Waals surface area contributed by atoms with E-state index in [1.165, 1.54) is 35.0 Å². The van der Waals surface area contributed by atoms with Gasteiger partial charge in [-0.15, -0.1) is 0 Å². The summed E-state index contributed by atoms with van der Waals surface area (Å²) in [5, 5.41) is 12.7. The van der Waals surface area contributed by atoms with Gasteiger partial charge in [0.15, 0.2) is 21.5 Å². The lowest BCUT2D eigenvalue weighted by Gasteiger charge is -2.58. The lowest BCUT2D eigenvalue weighted by atomic mass is 9.53. The van der Waals surface area contributed by atoms with Gasteiger partial charge in [-0.2, -0.15) is 0 Å². The van der Waals surface area contributed by atoms with E-state index in [2.05, 4.69) is 10.3 Å². The SMILES string of the molecule is O=C(Nc1ccc(F)c(F)c1)c1ccc(Cl)c(S(=O)(=O)C2CC3CC(C2)C3(O)Cn2ccc(=O)[nH]c2=O)c1. The third-order valence-corrected chi connectivity index (χ3v) is 10.2. The Labute approximate surface area is 220 Å². The quantitative estimate of drug-likeness (QED) is 0.420. The minimum atomic E-state index is -4.02. The third kappa shape index (κ3) is 4.56. The molecule has 1 amide bonds. The van der Waals surface area contributed by atoms with Crippen LogP contribution in [-0.2, 0) is 16.4 Å². The van der Waals surface area contributed by atoms with Crippen molar-refractivity contribution in [3.8, 4) is 0 Å². The fourth-order valence-corrected chi connectivity index (χ4v) is 7.83. The summed E-state index contributed by atoms with van der Waals surface area (Å²) in [7, 11) is -4.02. The number of aromatic nitrogens is 2. The second-order valence-corrected chi connectivity index (χ2v) is 12.3. The van der Waals surface area contributed by atoms with Crippen LogP contribution in [0.15, 0.2) is 63.1 Å². The predicted molar refractivity (Wildman–Crippen MR) is 134 cm³/mol. The number of benzene rings is 2. The van der Waals surface area contributed by atoms with Gasteiger partial charge in [0.2, 0.25) is 0 Å². The van der Waals surface area contributed by atoms with Crippen molar-refractivity contribution >= 4 is 33.0 Å². The van der Waals surface area contributed by atoms with Crippen LogP contribution in [0.1, 0.15) is 29.6 Å². The molecule has 3 aromatic rings. The first-order valence-electron chi connectivity index (χ1n) is 11.7. The summed E-state index contributed by atoms with van der Waals surface area (Å²) in [6, 6.07) is 7.72. The second kappa shape index (κ2) is 9.44. The number of rotatable bonds is 6. The molecule has 3 aliphatic rings. The molecule has 3 N–H and O–H groups in total. The van der Waals surface area contributed by atoms with E-state index >= 15 is 0 Å². The van der Waals surface area contributed by atoms with E-state index in [-0.39, 0.29) is 40.6 Å². The molecule has 0 radical (unpaired) electrons. The zero-order valence-corrected chi connectivity index (χ0v) is 21.2. The average Bonchev–Trinajstić information content (AvgIpc) is 2.88. The molecule has 2 unspecified atom stereocenters. The van der Waals surface area contributed by atoms with Crippen LogP contribution in [0.2, 0.25) is 5.02 Å². The second-order valence-electron chi connectivity index (χ2n) is 9.73. The molecule has 3 aliphatic carbocycles. The Kier molecular flexibility index (Phi) is 6.52. The van der Waals surface area contributed by atoms with Crippen LogP contribution in [0.5, 0.6) is 0 Å². The van der Waals surface area contributed by atoms with Gasteiger partial charge in [0, 0.05) is 29.6 Å². The van der Waals surface area contributed by atoms with Gasteiger partial charge >= 0.3 is 5.69 Å². The molecule has 38 heavy (non-hydrogen) atoms. The van der Waals surface area contributed by atoms with Gasteiger partial charge in [0.05, 0.1) is 27.3 Å². The van der Waals surface area contributed by atoms with E-state index in [1.807, 2.05) is 0 Å². The fourth-order valence-electron chi connectivity index (χ4n) is 5.43. The van der Waals surface area contributed by atoms with Crippen molar-refractivity contribution in [1.82, 2.24) is 9.55 Å². The first kappa shape index (κ1) is 26.3. The van der Waals surface area contributed by atoms with E-state index < -0.39 is 61.3 Å². The number of halogens is 3. The molecular formula is C25H22ClF2N3O6S. The number of H-pyrrole nitrogens is 1. The maximum atomic E-state index is 13.6. The van der Waals surface area contributed by atoms with E-state index in [1.54, 1.807) is 0 Å². The van der Waals surface area contributed by atoms with Gasteiger partial charge < -0.3 is 10.4 Å². The van der Waals surface area contributed by atoms with Crippen molar-refractivity contribution in [3.63, 3.8) is 0 Å². The molecule has 2 aromatic carbocycles. The van der Waals surface area contributed by atoms with Crippen LogP contribution in [0, 0.1) is 23.5 Å². The summed E-state index contributed by atoms with van der Waals surface area (Å²) in [5.74, 6) is -3.78. The standard InChI is InChI=1S/C25H22ClF2N3O6S/c26-18-3-1-13(23(33)29-16-2-4-19(27)20(28)11-16)7-21(18)38(36,37)17-9-14-8-15(10-17)25(14,35)12-31-6-5-22(32)30-24(31)34/h1-7,11,14-15,17,35H,8-10,12H2,(H,29,33)(H,30,32,34). The summed E-state index contributed by atoms with van der Waals surface area (Å²) < 4.78 is 55.0. The Morgan fingerprint density at radius 1 is 1.08 bits per heavy atom. The zero-order chi connectivity index (χ0) is 27.4. The number of carbonyl (C=O) groups is 1. The maximum absolute atomic E-state index is 13.6. The molecule has 2 atom stereocenters. The van der Waals surface area contributed by atoms with E-state index in [0.29, 0.717) is 6.42 Å². The lowest BCUT2D eigenvalue weighted by molar-refractivity contribution is -0.185. The van der Waals surface area contributed by atoms with Crippen molar-refractivity contribution in [3.05, 3.63) is 91.7 Å². The number of carbonyl (C=O) groups excluding carboxylic acids is 1. The molecule has 1 heterocycles. The summed E-state index contributed by atoms with van der Waals surface area (Å²) in [4.78, 5) is 38.0.